The van der Waals surface area contributed by atoms with Crippen molar-refractivity contribution in [2.24, 2.45) is 5.73 Å². The maximum atomic E-state index is 5.50. The second-order valence-electron chi connectivity index (χ2n) is 2.21. The third-order valence-corrected chi connectivity index (χ3v) is 1.59. The monoisotopic (exact) mass is 168 g/mol. The highest BCUT2D eigenvalue weighted by Gasteiger charge is 2.07. The molecule has 4 heteroatoms. The van der Waals surface area contributed by atoms with Crippen molar-refractivity contribution in [2.75, 3.05) is 14.2 Å². The van der Waals surface area contributed by atoms with E-state index in [-0.39, 0.29) is 0 Å². The van der Waals surface area contributed by atoms with Crippen molar-refractivity contribution in [1.29, 1.82) is 0 Å². The summed E-state index contributed by atoms with van der Waals surface area (Å²) in [4.78, 5) is 3.99. The summed E-state index contributed by atoms with van der Waals surface area (Å²) in [5, 5.41) is 0. The molecule has 1 heterocycles. The van der Waals surface area contributed by atoms with Crippen LogP contribution in [0.25, 0.3) is 0 Å². The van der Waals surface area contributed by atoms with Gasteiger partial charge in [0, 0.05) is 12.7 Å². The summed E-state index contributed by atoms with van der Waals surface area (Å²) < 4.78 is 10.1. The number of hydrogen-bond donors (Lipinski definition) is 1. The quantitative estimate of drug-likeness (QED) is 0.716. The van der Waals surface area contributed by atoms with Crippen molar-refractivity contribution in [3.05, 3.63) is 17.8 Å². The van der Waals surface area contributed by atoms with Crippen LogP contribution >= 0.6 is 0 Å². The molecule has 0 bridgehead atoms. The van der Waals surface area contributed by atoms with E-state index in [1.807, 2.05) is 0 Å². The number of nitrogens with two attached hydrogens (primary N) is 1. The first-order chi connectivity index (χ1) is 5.83. The van der Waals surface area contributed by atoms with Gasteiger partial charge in [-0.2, -0.15) is 0 Å². The summed E-state index contributed by atoms with van der Waals surface area (Å²) in [5.41, 5.74) is 6.30. The number of rotatable bonds is 3. The molecule has 2 N–H and O–H groups in total. The van der Waals surface area contributed by atoms with Crippen LogP contribution in [0.4, 0.5) is 0 Å². The van der Waals surface area contributed by atoms with Gasteiger partial charge in [-0.05, 0) is 6.07 Å². The summed E-state index contributed by atoms with van der Waals surface area (Å²) in [6.45, 7) is 0.361. The molecule has 1 aromatic heterocycles. The van der Waals surface area contributed by atoms with Crippen LogP contribution in [0.3, 0.4) is 0 Å². The lowest BCUT2D eigenvalue weighted by molar-refractivity contribution is 0.373. The first-order valence-corrected chi connectivity index (χ1v) is 3.59. The summed E-state index contributed by atoms with van der Waals surface area (Å²) in [6, 6.07) is 1.75. The minimum absolute atomic E-state index is 0.361. The van der Waals surface area contributed by atoms with E-state index in [0.29, 0.717) is 18.2 Å². The Morgan fingerprint density at radius 3 is 2.67 bits per heavy atom. The van der Waals surface area contributed by atoms with Crippen molar-refractivity contribution < 1.29 is 9.47 Å². The van der Waals surface area contributed by atoms with Crippen LogP contribution in [0.15, 0.2) is 12.3 Å². The fourth-order valence-electron chi connectivity index (χ4n) is 1.01. The Bertz CT molecular complexity index is 241. The molecule has 1 aromatic rings. The SMILES string of the molecule is COc1ccnc(OC)c1CN. The average molecular weight is 168 g/mol. The normalized spacial score (nSPS) is 9.58. The van der Waals surface area contributed by atoms with Gasteiger partial charge in [-0.1, -0.05) is 0 Å². The highest BCUT2D eigenvalue weighted by Crippen LogP contribution is 2.24. The zero-order valence-electron chi connectivity index (χ0n) is 7.20. The largest absolute Gasteiger partial charge is 0.496 e. The van der Waals surface area contributed by atoms with Gasteiger partial charge < -0.3 is 15.2 Å². The molecule has 0 atom stereocenters. The van der Waals surface area contributed by atoms with Crippen LogP contribution in [-0.4, -0.2) is 19.2 Å². The van der Waals surface area contributed by atoms with Gasteiger partial charge in [0.1, 0.15) is 5.75 Å². The summed E-state index contributed by atoms with van der Waals surface area (Å²) in [6.07, 6.45) is 1.62. The standard InChI is InChI=1S/C8H12N2O2/c1-11-7-3-4-10-8(12-2)6(7)5-9/h3-4H,5,9H2,1-2H3. The molecule has 0 amide bonds. The molecule has 0 radical (unpaired) electrons. The van der Waals surface area contributed by atoms with Gasteiger partial charge in [0.15, 0.2) is 0 Å². The Labute approximate surface area is 71.3 Å². The van der Waals surface area contributed by atoms with Crippen LogP contribution in [0, 0.1) is 0 Å². The summed E-state index contributed by atoms with van der Waals surface area (Å²) in [5.74, 6) is 1.24. The maximum absolute atomic E-state index is 5.50. The van der Waals surface area contributed by atoms with Gasteiger partial charge in [-0.3, -0.25) is 0 Å². The van der Waals surface area contributed by atoms with Gasteiger partial charge in [-0.25, -0.2) is 4.98 Å². The topological polar surface area (TPSA) is 57.4 Å². The van der Waals surface area contributed by atoms with Crippen molar-refractivity contribution in [2.45, 2.75) is 6.54 Å². The molecule has 0 aliphatic carbocycles. The molecule has 4 nitrogen and oxygen atoms in total. The molecule has 0 aromatic carbocycles. The van der Waals surface area contributed by atoms with E-state index in [9.17, 15) is 0 Å². The number of aromatic nitrogens is 1. The minimum Gasteiger partial charge on any atom is -0.496 e. The van der Waals surface area contributed by atoms with Crippen LogP contribution < -0.4 is 15.2 Å². The zero-order chi connectivity index (χ0) is 8.97. The van der Waals surface area contributed by atoms with Crippen molar-refractivity contribution >= 4 is 0 Å². The first-order valence-electron chi connectivity index (χ1n) is 3.59. The molecule has 1 rings (SSSR count). The number of hydrogen-bond acceptors (Lipinski definition) is 4. The Hall–Kier alpha value is -1.29. The second kappa shape index (κ2) is 3.92. The molecule has 66 valence electrons. The lowest BCUT2D eigenvalue weighted by Gasteiger charge is -2.09. The number of methoxy groups -OCH3 is 2. The maximum Gasteiger partial charge on any atom is 0.221 e. The molecular weight excluding hydrogens is 156 g/mol. The molecule has 0 spiro atoms. The van der Waals surface area contributed by atoms with E-state index in [1.165, 1.54) is 0 Å². The lowest BCUT2D eigenvalue weighted by atomic mass is 10.2. The van der Waals surface area contributed by atoms with E-state index in [4.69, 9.17) is 15.2 Å². The molecule has 0 unspecified atom stereocenters. The summed E-state index contributed by atoms with van der Waals surface area (Å²) in [7, 11) is 3.15. The first kappa shape index (κ1) is 8.80. The Morgan fingerprint density at radius 1 is 1.42 bits per heavy atom. The third-order valence-electron chi connectivity index (χ3n) is 1.59. The Balaban J connectivity index is 3.13. The lowest BCUT2D eigenvalue weighted by Crippen LogP contribution is -2.03. The number of pyridine rings is 1. The Morgan fingerprint density at radius 2 is 2.17 bits per heavy atom. The van der Waals surface area contributed by atoms with Crippen LogP contribution in [0.1, 0.15) is 5.56 Å². The Kier molecular flexibility index (Phi) is 2.88. The zero-order valence-corrected chi connectivity index (χ0v) is 7.20. The number of nitrogens with zero attached hydrogens (tertiary/aromatic N) is 1. The molecule has 12 heavy (non-hydrogen) atoms. The van der Waals surface area contributed by atoms with Gasteiger partial charge in [0.2, 0.25) is 5.88 Å². The van der Waals surface area contributed by atoms with E-state index in [0.717, 1.165) is 5.56 Å². The van der Waals surface area contributed by atoms with Crippen LogP contribution in [0.2, 0.25) is 0 Å². The predicted octanol–water partition coefficient (Wildman–Crippen LogP) is 0.557. The molecule has 0 saturated heterocycles. The molecular formula is C8H12N2O2. The number of ether oxygens (including phenoxy) is 2. The van der Waals surface area contributed by atoms with E-state index in [2.05, 4.69) is 4.98 Å². The third kappa shape index (κ3) is 1.48. The predicted molar refractivity (Wildman–Crippen MR) is 45.2 cm³/mol. The van der Waals surface area contributed by atoms with Gasteiger partial charge in [0.05, 0.1) is 19.8 Å². The second-order valence-corrected chi connectivity index (χ2v) is 2.21. The van der Waals surface area contributed by atoms with Gasteiger partial charge >= 0.3 is 0 Å². The van der Waals surface area contributed by atoms with E-state index in [1.54, 1.807) is 26.5 Å². The fraction of sp³-hybridized carbons (Fsp3) is 0.375. The average Bonchev–Trinajstić information content (AvgIpc) is 2.16. The van der Waals surface area contributed by atoms with E-state index < -0.39 is 0 Å². The highest BCUT2D eigenvalue weighted by atomic mass is 16.5. The summed E-state index contributed by atoms with van der Waals surface area (Å²) >= 11 is 0. The minimum atomic E-state index is 0.361. The van der Waals surface area contributed by atoms with E-state index >= 15 is 0 Å². The molecule has 0 aliphatic heterocycles. The van der Waals surface area contributed by atoms with Crippen molar-refractivity contribution in [3.63, 3.8) is 0 Å². The smallest absolute Gasteiger partial charge is 0.221 e. The van der Waals surface area contributed by atoms with Gasteiger partial charge in [0.25, 0.3) is 0 Å². The molecule has 0 saturated carbocycles. The molecule has 0 fully saturated rings. The van der Waals surface area contributed by atoms with Gasteiger partial charge in [-0.15, -0.1) is 0 Å². The van der Waals surface area contributed by atoms with Crippen LogP contribution in [0.5, 0.6) is 11.6 Å². The molecule has 0 aliphatic rings. The van der Waals surface area contributed by atoms with Crippen molar-refractivity contribution in [3.8, 4) is 11.6 Å². The highest BCUT2D eigenvalue weighted by molar-refractivity contribution is 5.39. The van der Waals surface area contributed by atoms with Crippen molar-refractivity contribution in [1.82, 2.24) is 4.98 Å². The van der Waals surface area contributed by atoms with Crippen LogP contribution in [-0.2, 0) is 6.54 Å². The fourth-order valence-corrected chi connectivity index (χ4v) is 1.01.